The number of hydrogen-bond acceptors (Lipinski definition) is 4. The molecule has 0 bridgehead atoms. The van der Waals surface area contributed by atoms with Crippen LogP contribution in [0, 0.1) is 12.7 Å². The Labute approximate surface area is 163 Å². The molecule has 3 rings (SSSR count). The number of anilines is 3. The summed E-state index contributed by atoms with van der Waals surface area (Å²) in [5.74, 6) is -1.07. The molecule has 138 valence electrons. The Balaban J connectivity index is 1.60. The Morgan fingerprint density at radius 1 is 1.04 bits per heavy atom. The number of carbonyl (C=O) groups excluding carboxylic acids is 2. The molecular formula is C18H14ClFN4O2S. The third-order valence-electron chi connectivity index (χ3n) is 3.44. The van der Waals surface area contributed by atoms with Crippen molar-refractivity contribution in [1.29, 1.82) is 0 Å². The summed E-state index contributed by atoms with van der Waals surface area (Å²) >= 11 is 6.79. The van der Waals surface area contributed by atoms with Crippen LogP contribution in [0.4, 0.5) is 25.7 Å². The summed E-state index contributed by atoms with van der Waals surface area (Å²) in [4.78, 5) is 28.3. The van der Waals surface area contributed by atoms with E-state index in [2.05, 4.69) is 20.9 Å². The molecule has 0 saturated heterocycles. The molecule has 0 fully saturated rings. The maximum Gasteiger partial charge on any atom is 0.325 e. The summed E-state index contributed by atoms with van der Waals surface area (Å²) in [6, 6.07) is 10.7. The van der Waals surface area contributed by atoms with Crippen molar-refractivity contribution >= 4 is 51.4 Å². The van der Waals surface area contributed by atoms with Crippen molar-refractivity contribution in [3.05, 3.63) is 69.9 Å². The van der Waals surface area contributed by atoms with Crippen molar-refractivity contribution in [3.63, 3.8) is 0 Å². The van der Waals surface area contributed by atoms with Gasteiger partial charge in [-0.15, -0.1) is 11.3 Å². The molecular weight excluding hydrogens is 391 g/mol. The van der Waals surface area contributed by atoms with Crippen molar-refractivity contribution in [2.24, 2.45) is 0 Å². The van der Waals surface area contributed by atoms with Crippen LogP contribution in [0.15, 0.2) is 47.8 Å². The number of nitrogens with zero attached hydrogens (tertiary/aromatic N) is 1. The fourth-order valence-electron chi connectivity index (χ4n) is 2.10. The minimum Gasteiger partial charge on any atom is -0.321 e. The van der Waals surface area contributed by atoms with Crippen LogP contribution in [0.1, 0.15) is 16.1 Å². The number of amides is 3. The van der Waals surface area contributed by atoms with Gasteiger partial charge in [-0.3, -0.25) is 10.1 Å². The van der Waals surface area contributed by atoms with Crippen molar-refractivity contribution in [3.8, 4) is 0 Å². The van der Waals surface area contributed by atoms with Crippen molar-refractivity contribution in [1.82, 2.24) is 4.98 Å². The van der Waals surface area contributed by atoms with Crippen molar-refractivity contribution in [2.75, 3.05) is 16.0 Å². The van der Waals surface area contributed by atoms with Gasteiger partial charge in [0.25, 0.3) is 5.91 Å². The highest BCUT2D eigenvalue weighted by Gasteiger charge is 2.13. The predicted octanol–water partition coefficient (Wildman–Crippen LogP) is 5.14. The second kappa shape index (κ2) is 8.15. The van der Waals surface area contributed by atoms with Gasteiger partial charge in [0, 0.05) is 16.8 Å². The lowest BCUT2D eigenvalue weighted by Crippen LogP contribution is -2.19. The zero-order valence-corrected chi connectivity index (χ0v) is 15.6. The maximum absolute atomic E-state index is 13.2. The number of rotatable bonds is 4. The molecule has 1 aromatic heterocycles. The zero-order valence-electron chi connectivity index (χ0n) is 14.0. The molecule has 0 spiro atoms. The third-order valence-corrected chi connectivity index (χ3v) is 4.49. The number of urea groups is 1. The molecule has 27 heavy (non-hydrogen) atoms. The van der Waals surface area contributed by atoms with E-state index in [1.807, 2.05) is 19.1 Å². The number of benzene rings is 2. The number of aryl methyl sites for hydroxylation is 1. The molecule has 3 amide bonds. The Kier molecular flexibility index (Phi) is 5.68. The van der Waals surface area contributed by atoms with Crippen LogP contribution < -0.4 is 16.0 Å². The maximum atomic E-state index is 13.2. The number of nitrogens with one attached hydrogen (secondary N) is 3. The van der Waals surface area contributed by atoms with Crippen LogP contribution in [-0.2, 0) is 0 Å². The molecule has 1 heterocycles. The van der Waals surface area contributed by atoms with E-state index < -0.39 is 17.8 Å². The van der Waals surface area contributed by atoms with Gasteiger partial charge in [-0.1, -0.05) is 29.3 Å². The van der Waals surface area contributed by atoms with E-state index in [-0.39, 0.29) is 15.8 Å². The second-order valence-corrected chi connectivity index (χ2v) is 6.83. The van der Waals surface area contributed by atoms with Crippen LogP contribution in [0.2, 0.25) is 5.02 Å². The Morgan fingerprint density at radius 2 is 1.74 bits per heavy atom. The summed E-state index contributed by atoms with van der Waals surface area (Å²) in [7, 11) is 0. The summed E-state index contributed by atoms with van der Waals surface area (Å²) in [6.45, 7) is 1.95. The van der Waals surface area contributed by atoms with E-state index in [1.54, 1.807) is 12.1 Å². The van der Waals surface area contributed by atoms with E-state index in [0.717, 1.165) is 23.0 Å². The number of halogens is 2. The molecule has 2 aromatic carbocycles. The Bertz CT molecular complexity index is 991. The van der Waals surface area contributed by atoms with Gasteiger partial charge in [0.05, 0.1) is 5.02 Å². The lowest BCUT2D eigenvalue weighted by Gasteiger charge is -2.05. The van der Waals surface area contributed by atoms with Crippen LogP contribution in [-0.4, -0.2) is 16.9 Å². The fraction of sp³-hybridized carbons (Fsp3) is 0.0556. The number of hydrogen-bond donors (Lipinski definition) is 3. The van der Waals surface area contributed by atoms with Crippen LogP contribution in [0.5, 0.6) is 0 Å². The van der Waals surface area contributed by atoms with Gasteiger partial charge in [-0.05, 0) is 37.3 Å². The average molecular weight is 405 g/mol. The smallest absolute Gasteiger partial charge is 0.321 e. The lowest BCUT2D eigenvalue weighted by atomic mass is 10.2. The minimum absolute atomic E-state index is 0.0961. The first-order valence-corrected chi connectivity index (χ1v) is 9.03. The van der Waals surface area contributed by atoms with Crippen molar-refractivity contribution < 1.29 is 14.0 Å². The topological polar surface area (TPSA) is 83.1 Å². The molecule has 0 radical (unpaired) electrons. The summed E-state index contributed by atoms with van der Waals surface area (Å²) < 4.78 is 13.2. The largest absolute Gasteiger partial charge is 0.325 e. The highest BCUT2D eigenvalue weighted by atomic mass is 35.5. The zero-order chi connectivity index (χ0) is 19.4. The number of aromatic nitrogens is 1. The summed E-state index contributed by atoms with van der Waals surface area (Å²) in [5.41, 5.74) is 2.18. The van der Waals surface area contributed by atoms with E-state index >= 15 is 0 Å². The van der Waals surface area contributed by atoms with Gasteiger partial charge in [0.1, 0.15) is 11.5 Å². The van der Waals surface area contributed by atoms with Crippen LogP contribution >= 0.6 is 22.9 Å². The minimum atomic E-state index is -0.575. The highest BCUT2D eigenvalue weighted by Crippen LogP contribution is 2.21. The van der Waals surface area contributed by atoms with E-state index in [4.69, 9.17) is 11.6 Å². The first-order chi connectivity index (χ1) is 12.9. The van der Waals surface area contributed by atoms with Crippen molar-refractivity contribution in [2.45, 2.75) is 6.92 Å². The van der Waals surface area contributed by atoms with E-state index in [1.165, 1.54) is 17.5 Å². The van der Waals surface area contributed by atoms with Gasteiger partial charge in [0.2, 0.25) is 0 Å². The standard InChI is InChI=1S/C18H14ClFN4O2S/c1-10-2-4-11(5-3-10)22-17(26)24-18-23-15(9-27-18)16(25)21-12-6-7-14(20)13(19)8-12/h2-9H,1H3,(H,21,25)(H2,22,23,24,26). The van der Waals surface area contributed by atoms with E-state index in [9.17, 15) is 14.0 Å². The van der Waals surface area contributed by atoms with Crippen LogP contribution in [0.3, 0.4) is 0 Å². The highest BCUT2D eigenvalue weighted by molar-refractivity contribution is 7.14. The molecule has 0 aliphatic carbocycles. The quantitative estimate of drug-likeness (QED) is 0.563. The van der Waals surface area contributed by atoms with Gasteiger partial charge < -0.3 is 10.6 Å². The molecule has 0 unspecified atom stereocenters. The van der Waals surface area contributed by atoms with Gasteiger partial charge in [-0.25, -0.2) is 14.2 Å². The van der Waals surface area contributed by atoms with Gasteiger partial charge in [0.15, 0.2) is 5.13 Å². The first-order valence-electron chi connectivity index (χ1n) is 7.77. The summed E-state index contributed by atoms with van der Waals surface area (Å²) in [5, 5.41) is 9.48. The average Bonchev–Trinajstić information content (AvgIpc) is 3.08. The second-order valence-electron chi connectivity index (χ2n) is 5.57. The normalized spacial score (nSPS) is 10.3. The molecule has 6 nitrogen and oxygen atoms in total. The monoisotopic (exact) mass is 404 g/mol. The summed E-state index contributed by atoms with van der Waals surface area (Å²) in [6.07, 6.45) is 0. The molecule has 3 N–H and O–H groups in total. The Morgan fingerprint density at radius 3 is 2.44 bits per heavy atom. The predicted molar refractivity (Wildman–Crippen MR) is 105 cm³/mol. The molecule has 3 aromatic rings. The molecule has 0 saturated carbocycles. The third kappa shape index (κ3) is 5.02. The molecule has 9 heteroatoms. The lowest BCUT2D eigenvalue weighted by molar-refractivity contribution is 0.102. The molecule has 0 aliphatic heterocycles. The van der Waals surface area contributed by atoms with Gasteiger partial charge in [-0.2, -0.15) is 0 Å². The SMILES string of the molecule is Cc1ccc(NC(=O)Nc2nc(C(=O)Nc3ccc(F)c(Cl)c3)cs2)cc1. The van der Waals surface area contributed by atoms with Crippen LogP contribution in [0.25, 0.3) is 0 Å². The fourth-order valence-corrected chi connectivity index (χ4v) is 2.97. The van der Waals surface area contributed by atoms with E-state index in [0.29, 0.717) is 11.4 Å². The molecule has 0 atom stereocenters. The van der Waals surface area contributed by atoms with Gasteiger partial charge >= 0.3 is 6.03 Å². The Hall–Kier alpha value is -2.97. The number of thiazole rings is 1. The first kappa shape index (κ1) is 18.8. The molecule has 0 aliphatic rings. The number of carbonyl (C=O) groups is 2.